The van der Waals surface area contributed by atoms with Crippen molar-refractivity contribution in [2.45, 2.75) is 31.5 Å². The van der Waals surface area contributed by atoms with Crippen molar-refractivity contribution in [2.75, 3.05) is 19.6 Å². The number of urea groups is 1. The van der Waals surface area contributed by atoms with E-state index in [-0.39, 0.29) is 25.6 Å². The Morgan fingerprint density at radius 3 is 2.45 bits per heavy atom. The normalized spacial score (nSPS) is 19.6. The molecular weight excluding hydrogens is 277 g/mol. The quantitative estimate of drug-likeness (QED) is 0.808. The van der Waals surface area contributed by atoms with E-state index in [2.05, 4.69) is 0 Å². The lowest BCUT2D eigenvalue weighted by molar-refractivity contribution is -0.137. The topological polar surface area (TPSA) is 60.9 Å². The number of carboxylic acids is 1. The maximum atomic E-state index is 12.5. The van der Waals surface area contributed by atoms with Crippen LogP contribution in [0.5, 0.6) is 0 Å². The number of nitrogens with zero attached hydrogens (tertiary/aromatic N) is 2. The molecule has 0 spiro atoms. The zero-order valence-electron chi connectivity index (χ0n) is 10.7. The summed E-state index contributed by atoms with van der Waals surface area (Å²) in [6.07, 6.45) is -2.12. The van der Waals surface area contributed by atoms with Crippen LogP contribution < -0.4 is 0 Å². The van der Waals surface area contributed by atoms with Gasteiger partial charge < -0.3 is 14.9 Å². The summed E-state index contributed by atoms with van der Waals surface area (Å²) >= 11 is 0. The van der Waals surface area contributed by atoms with Gasteiger partial charge in [-0.15, -0.1) is 0 Å². The predicted molar refractivity (Wildman–Crippen MR) is 63.1 cm³/mol. The van der Waals surface area contributed by atoms with Gasteiger partial charge in [0.05, 0.1) is 0 Å². The minimum absolute atomic E-state index is 0.0347. The standard InChI is InChI=1S/C12H15F3N2O3/c13-12(14,15)8-3-5-16(6-4-8)11(20)17(7-10(18)19)9-1-2-9/h3,9H,1-2,4-7H2,(H,18,19). The summed E-state index contributed by atoms with van der Waals surface area (Å²) in [4.78, 5) is 25.4. The molecule has 0 aromatic rings. The third-order valence-electron chi connectivity index (χ3n) is 3.38. The summed E-state index contributed by atoms with van der Waals surface area (Å²) < 4.78 is 37.4. The molecular formula is C12H15F3N2O3. The van der Waals surface area contributed by atoms with Crippen molar-refractivity contribution in [1.82, 2.24) is 9.80 Å². The van der Waals surface area contributed by atoms with Crippen molar-refractivity contribution in [3.05, 3.63) is 11.6 Å². The lowest BCUT2D eigenvalue weighted by atomic mass is 10.1. The Hall–Kier alpha value is -1.73. The average molecular weight is 292 g/mol. The third-order valence-corrected chi connectivity index (χ3v) is 3.38. The number of rotatable bonds is 3. The molecule has 1 fully saturated rings. The first-order valence-electron chi connectivity index (χ1n) is 6.32. The highest BCUT2D eigenvalue weighted by Crippen LogP contribution is 2.32. The van der Waals surface area contributed by atoms with Gasteiger partial charge in [-0.2, -0.15) is 13.2 Å². The van der Waals surface area contributed by atoms with Crippen LogP contribution in [0.2, 0.25) is 0 Å². The molecule has 5 nitrogen and oxygen atoms in total. The van der Waals surface area contributed by atoms with E-state index in [1.807, 2.05) is 0 Å². The van der Waals surface area contributed by atoms with Gasteiger partial charge in [-0.25, -0.2) is 4.79 Å². The van der Waals surface area contributed by atoms with E-state index < -0.39 is 30.3 Å². The summed E-state index contributed by atoms with van der Waals surface area (Å²) in [6.45, 7) is -0.570. The van der Waals surface area contributed by atoms with Gasteiger partial charge in [0.2, 0.25) is 0 Å². The first kappa shape index (κ1) is 14.7. The Morgan fingerprint density at radius 2 is 2.05 bits per heavy atom. The molecule has 0 radical (unpaired) electrons. The lowest BCUT2D eigenvalue weighted by Gasteiger charge is -2.32. The predicted octanol–water partition coefficient (Wildman–Crippen LogP) is 1.85. The minimum atomic E-state index is -4.35. The second-order valence-electron chi connectivity index (χ2n) is 4.96. The van der Waals surface area contributed by atoms with Gasteiger partial charge in [0.25, 0.3) is 0 Å². The fraction of sp³-hybridized carbons (Fsp3) is 0.667. The molecule has 2 aliphatic rings. The molecule has 1 N–H and O–H groups in total. The zero-order valence-corrected chi connectivity index (χ0v) is 10.7. The van der Waals surface area contributed by atoms with Crippen LogP contribution in [0.25, 0.3) is 0 Å². The van der Waals surface area contributed by atoms with Crippen LogP contribution in [0.1, 0.15) is 19.3 Å². The number of carbonyl (C=O) groups is 2. The van der Waals surface area contributed by atoms with E-state index in [1.54, 1.807) is 0 Å². The molecule has 1 aliphatic heterocycles. The largest absolute Gasteiger partial charge is 0.480 e. The van der Waals surface area contributed by atoms with Gasteiger partial charge in [0.15, 0.2) is 0 Å². The lowest BCUT2D eigenvalue weighted by Crippen LogP contribution is -2.48. The van der Waals surface area contributed by atoms with Crippen LogP contribution >= 0.6 is 0 Å². The van der Waals surface area contributed by atoms with E-state index in [4.69, 9.17) is 5.11 Å². The Labute approximate surface area is 113 Å². The van der Waals surface area contributed by atoms with Crippen molar-refractivity contribution < 1.29 is 27.9 Å². The highest BCUT2D eigenvalue weighted by atomic mass is 19.4. The van der Waals surface area contributed by atoms with Gasteiger partial charge in [-0.1, -0.05) is 6.08 Å². The number of halogens is 3. The SMILES string of the molecule is O=C(O)CN(C(=O)N1CC=C(C(F)(F)F)CC1)C1CC1. The summed E-state index contributed by atoms with van der Waals surface area (Å²) in [5, 5.41) is 8.78. The molecule has 112 valence electrons. The van der Waals surface area contributed by atoms with E-state index in [1.165, 1.54) is 9.80 Å². The monoisotopic (exact) mass is 292 g/mol. The molecule has 0 saturated heterocycles. The van der Waals surface area contributed by atoms with Gasteiger partial charge in [0.1, 0.15) is 6.54 Å². The second kappa shape index (κ2) is 5.34. The van der Waals surface area contributed by atoms with Crippen molar-refractivity contribution in [2.24, 2.45) is 0 Å². The number of hydrogen-bond acceptors (Lipinski definition) is 2. The van der Waals surface area contributed by atoms with E-state index >= 15 is 0 Å². The molecule has 0 aromatic heterocycles. The fourth-order valence-electron chi connectivity index (χ4n) is 2.17. The van der Waals surface area contributed by atoms with Crippen molar-refractivity contribution in [1.29, 1.82) is 0 Å². The molecule has 0 bridgehead atoms. The first-order chi connectivity index (χ1) is 9.29. The highest BCUT2D eigenvalue weighted by molar-refractivity contribution is 5.81. The van der Waals surface area contributed by atoms with Crippen LogP contribution in [0.3, 0.4) is 0 Å². The number of carbonyl (C=O) groups excluding carboxylic acids is 1. The average Bonchev–Trinajstić information content (AvgIpc) is 3.18. The summed E-state index contributed by atoms with van der Waals surface area (Å²) in [5.74, 6) is -1.12. The van der Waals surface area contributed by atoms with Crippen LogP contribution in [-0.4, -0.2) is 58.8 Å². The Morgan fingerprint density at radius 1 is 1.40 bits per heavy atom. The zero-order chi connectivity index (χ0) is 14.9. The number of aliphatic carboxylic acids is 1. The highest BCUT2D eigenvalue weighted by Gasteiger charge is 2.39. The maximum Gasteiger partial charge on any atom is 0.412 e. The molecule has 0 aromatic carbocycles. The summed E-state index contributed by atoms with van der Waals surface area (Å²) in [7, 11) is 0. The van der Waals surface area contributed by atoms with Crippen LogP contribution in [0, 0.1) is 0 Å². The third kappa shape index (κ3) is 3.43. The molecule has 8 heteroatoms. The Balaban J connectivity index is 2.00. The van der Waals surface area contributed by atoms with E-state index in [0.717, 1.165) is 18.9 Å². The van der Waals surface area contributed by atoms with Crippen molar-refractivity contribution in [3.8, 4) is 0 Å². The van der Waals surface area contributed by atoms with Crippen molar-refractivity contribution >= 4 is 12.0 Å². The number of amides is 2. The maximum absolute atomic E-state index is 12.5. The fourth-order valence-corrected chi connectivity index (χ4v) is 2.17. The molecule has 0 unspecified atom stereocenters. The number of alkyl halides is 3. The Bertz CT molecular complexity index is 444. The van der Waals surface area contributed by atoms with Gasteiger partial charge in [0, 0.05) is 24.7 Å². The van der Waals surface area contributed by atoms with E-state index in [9.17, 15) is 22.8 Å². The molecule has 2 rings (SSSR count). The van der Waals surface area contributed by atoms with Gasteiger partial charge in [-0.3, -0.25) is 4.79 Å². The minimum Gasteiger partial charge on any atom is -0.480 e. The number of carboxylic acid groups (broad SMARTS) is 1. The molecule has 1 saturated carbocycles. The van der Waals surface area contributed by atoms with Gasteiger partial charge in [-0.05, 0) is 19.3 Å². The van der Waals surface area contributed by atoms with Crippen LogP contribution in [0.15, 0.2) is 11.6 Å². The van der Waals surface area contributed by atoms with E-state index in [0.29, 0.717) is 0 Å². The first-order valence-corrected chi connectivity index (χ1v) is 6.32. The van der Waals surface area contributed by atoms with Crippen molar-refractivity contribution in [3.63, 3.8) is 0 Å². The van der Waals surface area contributed by atoms with Crippen LogP contribution in [0.4, 0.5) is 18.0 Å². The van der Waals surface area contributed by atoms with Crippen LogP contribution in [-0.2, 0) is 4.79 Å². The second-order valence-corrected chi connectivity index (χ2v) is 4.96. The smallest absolute Gasteiger partial charge is 0.412 e. The molecule has 1 aliphatic carbocycles. The molecule has 0 atom stereocenters. The summed E-state index contributed by atoms with van der Waals surface area (Å²) in [5.41, 5.74) is -0.627. The molecule has 2 amide bonds. The summed E-state index contributed by atoms with van der Waals surface area (Å²) in [6, 6.07) is -0.584. The molecule has 1 heterocycles. The van der Waals surface area contributed by atoms with Gasteiger partial charge >= 0.3 is 18.2 Å². The number of hydrogen-bond donors (Lipinski definition) is 1. The molecule has 20 heavy (non-hydrogen) atoms. The Kier molecular flexibility index (Phi) is 3.92.